The standard InChI is InChI=1S/C34H49ClO2/c1-34-20-19-30-29-16-15-28(36)23-27(29)22-26(14-10-5-3-2-4-6-11-21-35)33(30)31(34)17-18-32(34)37-24-25-12-8-7-9-13-25/h7-9,12-13,23,26,29-33H,2-6,10-11,14-22,24H2,1H3/t26-,29+,30-,31+,32+,33-,34+/m1/s1. The molecule has 7 atom stereocenters. The molecule has 0 saturated heterocycles. The molecule has 0 N–H and O–H groups in total. The van der Waals surface area contributed by atoms with Gasteiger partial charge in [0, 0.05) is 12.3 Å². The van der Waals surface area contributed by atoms with Crippen molar-refractivity contribution in [3.8, 4) is 0 Å². The average Bonchev–Trinajstić information content (AvgIpc) is 3.25. The van der Waals surface area contributed by atoms with Gasteiger partial charge in [0.2, 0.25) is 0 Å². The van der Waals surface area contributed by atoms with Gasteiger partial charge in [0.25, 0.3) is 0 Å². The maximum absolute atomic E-state index is 12.4. The van der Waals surface area contributed by atoms with Crippen molar-refractivity contribution >= 4 is 17.4 Å². The van der Waals surface area contributed by atoms with Gasteiger partial charge in [-0.2, -0.15) is 0 Å². The Hall–Kier alpha value is -1.12. The highest BCUT2D eigenvalue weighted by Crippen LogP contribution is 2.64. The Morgan fingerprint density at radius 3 is 2.49 bits per heavy atom. The van der Waals surface area contributed by atoms with Crippen molar-refractivity contribution in [3.05, 3.63) is 47.5 Å². The number of hydrogen-bond donors (Lipinski definition) is 0. The summed E-state index contributed by atoms with van der Waals surface area (Å²) in [4.78, 5) is 12.4. The second-order valence-corrected chi connectivity index (χ2v) is 13.4. The largest absolute Gasteiger partial charge is 0.373 e. The third kappa shape index (κ3) is 6.22. The molecule has 4 aliphatic carbocycles. The first-order valence-electron chi connectivity index (χ1n) is 15.5. The summed E-state index contributed by atoms with van der Waals surface area (Å²) >= 11 is 5.83. The van der Waals surface area contributed by atoms with Crippen LogP contribution in [0, 0.1) is 35.0 Å². The van der Waals surface area contributed by atoms with Crippen LogP contribution in [0.25, 0.3) is 0 Å². The van der Waals surface area contributed by atoms with Crippen molar-refractivity contribution in [2.45, 2.75) is 116 Å². The van der Waals surface area contributed by atoms with E-state index < -0.39 is 0 Å². The second-order valence-electron chi connectivity index (χ2n) is 13.0. The lowest BCUT2D eigenvalue weighted by Crippen LogP contribution is -2.51. The van der Waals surface area contributed by atoms with Gasteiger partial charge in [-0.25, -0.2) is 0 Å². The van der Waals surface area contributed by atoms with E-state index in [-0.39, 0.29) is 0 Å². The molecular formula is C34H49ClO2. The van der Waals surface area contributed by atoms with Crippen LogP contribution < -0.4 is 0 Å². The maximum Gasteiger partial charge on any atom is 0.155 e. The van der Waals surface area contributed by atoms with E-state index >= 15 is 0 Å². The van der Waals surface area contributed by atoms with Gasteiger partial charge in [-0.05, 0) is 98.0 Å². The highest BCUT2D eigenvalue weighted by molar-refractivity contribution is 6.17. The highest BCUT2D eigenvalue weighted by Gasteiger charge is 2.58. The summed E-state index contributed by atoms with van der Waals surface area (Å²) in [7, 11) is 0. The summed E-state index contributed by atoms with van der Waals surface area (Å²) < 4.78 is 6.69. The van der Waals surface area contributed by atoms with Gasteiger partial charge in [0.1, 0.15) is 0 Å². The molecule has 37 heavy (non-hydrogen) atoms. The van der Waals surface area contributed by atoms with Gasteiger partial charge in [0.15, 0.2) is 5.78 Å². The average molecular weight is 525 g/mol. The number of allylic oxidation sites excluding steroid dienone is 1. The molecule has 0 amide bonds. The van der Waals surface area contributed by atoms with E-state index in [1.54, 1.807) is 0 Å². The van der Waals surface area contributed by atoms with Gasteiger partial charge in [0.05, 0.1) is 12.7 Å². The Bertz CT molecular complexity index is 910. The van der Waals surface area contributed by atoms with Crippen molar-refractivity contribution in [3.63, 3.8) is 0 Å². The van der Waals surface area contributed by atoms with Gasteiger partial charge >= 0.3 is 0 Å². The quantitative estimate of drug-likeness (QED) is 0.201. The number of ether oxygens (including phenoxy) is 1. The third-order valence-corrected chi connectivity index (χ3v) is 11.2. The molecule has 1 aromatic carbocycles. The summed E-state index contributed by atoms with van der Waals surface area (Å²) in [5, 5.41) is 0. The number of hydrogen-bond acceptors (Lipinski definition) is 2. The fraction of sp³-hybridized carbons (Fsp3) is 0.735. The zero-order valence-corrected chi connectivity index (χ0v) is 23.9. The molecule has 3 fully saturated rings. The normalized spacial score (nSPS) is 35.0. The number of fused-ring (bicyclic) bond motifs is 5. The van der Waals surface area contributed by atoms with Crippen LogP contribution in [0.3, 0.4) is 0 Å². The zero-order chi connectivity index (χ0) is 25.7. The minimum atomic E-state index is 0.308. The maximum atomic E-state index is 12.4. The van der Waals surface area contributed by atoms with Crippen molar-refractivity contribution in [2.24, 2.45) is 35.0 Å². The van der Waals surface area contributed by atoms with Crippen LogP contribution in [0.15, 0.2) is 42.0 Å². The minimum Gasteiger partial charge on any atom is -0.373 e. The predicted molar refractivity (Wildman–Crippen MR) is 154 cm³/mol. The molecule has 0 aromatic heterocycles. The van der Waals surface area contributed by atoms with E-state index in [4.69, 9.17) is 16.3 Å². The topological polar surface area (TPSA) is 26.3 Å². The highest BCUT2D eigenvalue weighted by atomic mass is 35.5. The Balaban J connectivity index is 1.25. The van der Waals surface area contributed by atoms with E-state index in [9.17, 15) is 4.79 Å². The first kappa shape index (κ1) is 27.4. The number of carbonyl (C=O) groups is 1. The molecule has 0 radical (unpaired) electrons. The number of alkyl halides is 1. The van der Waals surface area contributed by atoms with E-state index in [1.807, 2.05) is 0 Å². The van der Waals surface area contributed by atoms with E-state index in [0.717, 1.165) is 55.4 Å². The Labute approximate surface area is 231 Å². The molecule has 5 rings (SSSR count). The first-order valence-corrected chi connectivity index (χ1v) is 16.1. The lowest BCUT2D eigenvalue weighted by atomic mass is 9.49. The van der Waals surface area contributed by atoms with Crippen LogP contribution in [0.5, 0.6) is 0 Å². The number of unbranched alkanes of at least 4 members (excludes halogenated alkanes) is 6. The molecule has 0 heterocycles. The van der Waals surface area contributed by atoms with Crippen molar-refractivity contribution in [1.82, 2.24) is 0 Å². The van der Waals surface area contributed by atoms with E-state index in [0.29, 0.717) is 23.2 Å². The zero-order valence-electron chi connectivity index (χ0n) is 23.1. The number of halogens is 1. The second kappa shape index (κ2) is 12.8. The van der Waals surface area contributed by atoms with E-state index in [2.05, 4.69) is 43.3 Å². The van der Waals surface area contributed by atoms with Crippen molar-refractivity contribution in [2.75, 3.05) is 5.88 Å². The Morgan fingerprint density at radius 1 is 0.946 bits per heavy atom. The molecule has 0 unspecified atom stereocenters. The number of rotatable bonds is 12. The smallest absolute Gasteiger partial charge is 0.155 e. The molecule has 3 heteroatoms. The summed E-state index contributed by atoms with van der Waals surface area (Å²) in [5.41, 5.74) is 3.13. The molecule has 3 saturated carbocycles. The van der Waals surface area contributed by atoms with Crippen molar-refractivity contribution < 1.29 is 9.53 Å². The summed E-state index contributed by atoms with van der Waals surface area (Å²) in [6.07, 6.45) is 21.3. The summed E-state index contributed by atoms with van der Waals surface area (Å²) in [6.45, 7) is 3.32. The first-order chi connectivity index (χ1) is 18.1. The van der Waals surface area contributed by atoms with Crippen LogP contribution in [0.4, 0.5) is 0 Å². The van der Waals surface area contributed by atoms with Crippen LogP contribution in [0.1, 0.15) is 109 Å². The summed E-state index contributed by atoms with van der Waals surface area (Å²) in [5.74, 6) is 5.02. The van der Waals surface area contributed by atoms with Crippen LogP contribution >= 0.6 is 11.6 Å². The lowest BCUT2D eigenvalue weighted by Gasteiger charge is -2.56. The number of carbonyl (C=O) groups excluding carboxylic acids is 1. The fourth-order valence-electron chi connectivity index (χ4n) is 9.06. The molecule has 1 aromatic rings. The van der Waals surface area contributed by atoms with E-state index in [1.165, 1.54) is 88.2 Å². The molecule has 0 aliphatic heterocycles. The molecule has 0 bridgehead atoms. The predicted octanol–water partition coefficient (Wildman–Crippen LogP) is 9.30. The van der Waals surface area contributed by atoms with Gasteiger partial charge in [-0.3, -0.25) is 4.79 Å². The molecule has 0 spiro atoms. The van der Waals surface area contributed by atoms with Gasteiger partial charge in [-0.15, -0.1) is 11.6 Å². The van der Waals surface area contributed by atoms with Crippen molar-refractivity contribution in [1.29, 1.82) is 0 Å². The number of ketones is 1. The number of benzene rings is 1. The third-order valence-electron chi connectivity index (χ3n) is 10.9. The lowest BCUT2D eigenvalue weighted by molar-refractivity contribution is -0.118. The SMILES string of the molecule is C[C@]12CC[C@H]3[C@@H]([C@H](CCCCCCCCCCl)CC4=CC(=O)CC[C@@H]43)[C@@H]1CC[C@@H]2OCc1ccccc1. The van der Waals surface area contributed by atoms with Crippen LogP contribution in [-0.2, 0) is 16.1 Å². The Kier molecular flexibility index (Phi) is 9.51. The minimum absolute atomic E-state index is 0.308. The van der Waals surface area contributed by atoms with Gasteiger partial charge in [-0.1, -0.05) is 81.4 Å². The molecule has 4 aliphatic rings. The summed E-state index contributed by atoms with van der Waals surface area (Å²) in [6, 6.07) is 10.7. The van der Waals surface area contributed by atoms with Crippen LogP contribution in [0.2, 0.25) is 0 Å². The van der Waals surface area contributed by atoms with Crippen LogP contribution in [-0.4, -0.2) is 17.8 Å². The monoisotopic (exact) mass is 524 g/mol. The van der Waals surface area contributed by atoms with Gasteiger partial charge < -0.3 is 4.74 Å². The Morgan fingerprint density at radius 2 is 1.70 bits per heavy atom. The molecule has 2 nitrogen and oxygen atoms in total. The molecular weight excluding hydrogens is 476 g/mol. The fourth-order valence-corrected chi connectivity index (χ4v) is 9.24. The molecule has 204 valence electrons.